The maximum Gasteiger partial charge on any atom is 0.254 e. The summed E-state index contributed by atoms with van der Waals surface area (Å²) in [5.74, 6) is 6.52. The van der Waals surface area contributed by atoms with E-state index in [4.69, 9.17) is 5.11 Å². The molecule has 106 valence electrons. The Labute approximate surface area is 120 Å². The molecule has 20 heavy (non-hydrogen) atoms. The van der Waals surface area contributed by atoms with Crippen molar-refractivity contribution in [3.05, 3.63) is 35.4 Å². The maximum absolute atomic E-state index is 12.4. The van der Waals surface area contributed by atoms with Gasteiger partial charge in [-0.15, -0.1) is 0 Å². The Hall–Kier alpha value is -1.79. The van der Waals surface area contributed by atoms with Gasteiger partial charge in [0.25, 0.3) is 5.91 Å². The van der Waals surface area contributed by atoms with Crippen molar-refractivity contribution in [2.24, 2.45) is 5.92 Å². The number of hydrogen-bond acceptors (Lipinski definition) is 2. The SMILES string of the molecule is CC1CC(C)N(C(=O)c2ccc(C#CCCO)cc2)C1. The minimum Gasteiger partial charge on any atom is -0.395 e. The molecule has 0 saturated carbocycles. The van der Waals surface area contributed by atoms with Gasteiger partial charge in [-0.2, -0.15) is 0 Å². The van der Waals surface area contributed by atoms with Gasteiger partial charge in [0.1, 0.15) is 0 Å². The number of benzene rings is 1. The van der Waals surface area contributed by atoms with Crippen molar-refractivity contribution >= 4 is 5.91 Å². The number of carbonyl (C=O) groups is 1. The summed E-state index contributed by atoms with van der Waals surface area (Å²) in [7, 11) is 0. The zero-order chi connectivity index (χ0) is 14.5. The third-order valence-corrected chi connectivity index (χ3v) is 3.65. The fraction of sp³-hybridized carbons (Fsp3) is 0.471. The molecule has 1 N–H and O–H groups in total. The standard InChI is InChI=1S/C17H21NO2/c1-13-11-14(2)18(12-13)17(20)16-8-6-15(7-9-16)5-3-4-10-19/h6-9,13-14,19H,4,10-12H2,1-2H3. The quantitative estimate of drug-likeness (QED) is 0.838. The third kappa shape index (κ3) is 3.40. The van der Waals surface area contributed by atoms with E-state index < -0.39 is 0 Å². The molecule has 1 aromatic rings. The lowest BCUT2D eigenvalue weighted by atomic mass is 10.1. The van der Waals surface area contributed by atoms with E-state index in [1.807, 2.05) is 29.2 Å². The zero-order valence-electron chi connectivity index (χ0n) is 12.1. The molecule has 1 amide bonds. The summed E-state index contributed by atoms with van der Waals surface area (Å²) in [6.45, 7) is 5.21. The molecule has 0 aromatic heterocycles. The van der Waals surface area contributed by atoms with Crippen LogP contribution in [0.25, 0.3) is 0 Å². The van der Waals surface area contributed by atoms with E-state index >= 15 is 0 Å². The van der Waals surface area contributed by atoms with Gasteiger partial charge in [0.2, 0.25) is 0 Å². The van der Waals surface area contributed by atoms with E-state index in [0.29, 0.717) is 18.4 Å². The highest BCUT2D eigenvalue weighted by atomic mass is 16.2. The Morgan fingerprint density at radius 1 is 1.35 bits per heavy atom. The lowest BCUT2D eigenvalue weighted by Crippen LogP contribution is -2.33. The fourth-order valence-electron chi connectivity index (χ4n) is 2.67. The molecule has 0 radical (unpaired) electrons. The largest absolute Gasteiger partial charge is 0.395 e. The van der Waals surface area contributed by atoms with Crippen LogP contribution >= 0.6 is 0 Å². The predicted molar refractivity (Wildman–Crippen MR) is 79.3 cm³/mol. The van der Waals surface area contributed by atoms with Crippen LogP contribution in [0.5, 0.6) is 0 Å². The summed E-state index contributed by atoms with van der Waals surface area (Å²) in [4.78, 5) is 14.4. The van der Waals surface area contributed by atoms with E-state index in [1.54, 1.807) is 0 Å². The van der Waals surface area contributed by atoms with Crippen molar-refractivity contribution < 1.29 is 9.90 Å². The molecular formula is C17H21NO2. The highest BCUT2D eigenvalue weighted by Gasteiger charge is 2.30. The summed E-state index contributed by atoms with van der Waals surface area (Å²) in [6.07, 6.45) is 1.56. The van der Waals surface area contributed by atoms with Crippen LogP contribution in [-0.4, -0.2) is 35.1 Å². The van der Waals surface area contributed by atoms with Crippen molar-refractivity contribution in [2.45, 2.75) is 32.7 Å². The highest BCUT2D eigenvalue weighted by molar-refractivity contribution is 5.94. The lowest BCUT2D eigenvalue weighted by molar-refractivity contribution is 0.0744. The molecule has 1 aliphatic rings. The molecule has 1 aromatic carbocycles. The van der Waals surface area contributed by atoms with Crippen LogP contribution in [-0.2, 0) is 0 Å². The topological polar surface area (TPSA) is 40.5 Å². The van der Waals surface area contributed by atoms with Crippen LogP contribution in [0.2, 0.25) is 0 Å². The predicted octanol–water partition coefficient (Wildman–Crippen LogP) is 2.29. The van der Waals surface area contributed by atoms with Crippen LogP contribution in [0.4, 0.5) is 0 Å². The van der Waals surface area contributed by atoms with Gasteiger partial charge in [0.15, 0.2) is 0 Å². The first-order valence-corrected chi connectivity index (χ1v) is 7.12. The number of hydrogen-bond donors (Lipinski definition) is 1. The average molecular weight is 271 g/mol. The van der Waals surface area contributed by atoms with Crippen LogP contribution < -0.4 is 0 Å². The summed E-state index contributed by atoms with van der Waals surface area (Å²) in [5.41, 5.74) is 1.59. The Balaban J connectivity index is 2.07. The molecular weight excluding hydrogens is 250 g/mol. The van der Waals surface area contributed by atoms with Gasteiger partial charge in [-0.3, -0.25) is 4.79 Å². The monoisotopic (exact) mass is 271 g/mol. The van der Waals surface area contributed by atoms with E-state index in [2.05, 4.69) is 25.7 Å². The van der Waals surface area contributed by atoms with Gasteiger partial charge in [0, 0.05) is 30.1 Å². The lowest BCUT2D eigenvalue weighted by Gasteiger charge is -2.21. The first-order valence-electron chi connectivity index (χ1n) is 7.12. The summed E-state index contributed by atoms with van der Waals surface area (Å²) in [6, 6.07) is 7.72. The fourth-order valence-corrected chi connectivity index (χ4v) is 2.67. The molecule has 0 aliphatic carbocycles. The molecule has 0 bridgehead atoms. The van der Waals surface area contributed by atoms with Crippen molar-refractivity contribution in [1.29, 1.82) is 0 Å². The van der Waals surface area contributed by atoms with Gasteiger partial charge < -0.3 is 10.0 Å². The smallest absolute Gasteiger partial charge is 0.254 e. The van der Waals surface area contributed by atoms with Crippen LogP contribution in [0.1, 0.15) is 42.6 Å². The molecule has 3 heteroatoms. The summed E-state index contributed by atoms with van der Waals surface area (Å²) in [5, 5.41) is 8.68. The normalized spacial score (nSPS) is 21.4. The minimum atomic E-state index is 0.0780. The number of amides is 1. The Bertz CT molecular complexity index is 524. The van der Waals surface area contributed by atoms with Gasteiger partial charge in [0.05, 0.1) is 6.61 Å². The maximum atomic E-state index is 12.4. The zero-order valence-corrected chi connectivity index (χ0v) is 12.1. The second-order valence-corrected chi connectivity index (χ2v) is 5.50. The van der Waals surface area contributed by atoms with Crippen molar-refractivity contribution in [3.63, 3.8) is 0 Å². The average Bonchev–Trinajstić information content (AvgIpc) is 2.78. The van der Waals surface area contributed by atoms with E-state index in [-0.39, 0.29) is 12.5 Å². The molecule has 2 unspecified atom stereocenters. The number of nitrogens with zero attached hydrogens (tertiary/aromatic N) is 1. The molecule has 0 spiro atoms. The Kier molecular flexibility index (Phi) is 4.81. The second kappa shape index (κ2) is 6.58. The third-order valence-electron chi connectivity index (χ3n) is 3.65. The van der Waals surface area contributed by atoms with E-state index in [1.165, 1.54) is 0 Å². The van der Waals surface area contributed by atoms with Gasteiger partial charge >= 0.3 is 0 Å². The van der Waals surface area contributed by atoms with Gasteiger partial charge in [-0.05, 0) is 43.5 Å². The number of rotatable bonds is 2. The van der Waals surface area contributed by atoms with Crippen LogP contribution in [0.15, 0.2) is 24.3 Å². The first-order chi connectivity index (χ1) is 9.61. The molecule has 2 rings (SSSR count). The van der Waals surface area contributed by atoms with E-state index in [0.717, 1.165) is 24.1 Å². The Morgan fingerprint density at radius 2 is 2.05 bits per heavy atom. The van der Waals surface area contributed by atoms with Gasteiger partial charge in [-0.25, -0.2) is 0 Å². The molecule has 2 atom stereocenters. The molecule has 1 saturated heterocycles. The number of aliphatic hydroxyl groups is 1. The Morgan fingerprint density at radius 3 is 2.60 bits per heavy atom. The number of likely N-dealkylation sites (tertiary alicyclic amines) is 1. The molecule has 1 fully saturated rings. The van der Waals surface area contributed by atoms with E-state index in [9.17, 15) is 4.79 Å². The first kappa shape index (κ1) is 14.6. The van der Waals surface area contributed by atoms with Crippen molar-refractivity contribution in [2.75, 3.05) is 13.2 Å². The molecule has 3 nitrogen and oxygen atoms in total. The highest BCUT2D eigenvalue weighted by Crippen LogP contribution is 2.24. The summed E-state index contributed by atoms with van der Waals surface area (Å²) < 4.78 is 0. The summed E-state index contributed by atoms with van der Waals surface area (Å²) >= 11 is 0. The second-order valence-electron chi connectivity index (χ2n) is 5.50. The van der Waals surface area contributed by atoms with Crippen LogP contribution in [0, 0.1) is 17.8 Å². The van der Waals surface area contributed by atoms with Crippen LogP contribution in [0.3, 0.4) is 0 Å². The molecule has 1 heterocycles. The number of carbonyl (C=O) groups excluding carboxylic acids is 1. The number of aliphatic hydroxyl groups excluding tert-OH is 1. The molecule has 1 aliphatic heterocycles. The van der Waals surface area contributed by atoms with Crippen molar-refractivity contribution in [1.82, 2.24) is 4.90 Å². The van der Waals surface area contributed by atoms with Gasteiger partial charge in [-0.1, -0.05) is 18.8 Å². The van der Waals surface area contributed by atoms with Crippen molar-refractivity contribution in [3.8, 4) is 11.8 Å². The minimum absolute atomic E-state index is 0.0780.